The van der Waals surface area contributed by atoms with Gasteiger partial charge >= 0.3 is 0 Å². The summed E-state index contributed by atoms with van der Waals surface area (Å²) in [4.78, 5) is 15.6. The Hall–Kier alpha value is -1.76. The van der Waals surface area contributed by atoms with Crippen LogP contribution in [0.15, 0.2) is 53.9 Å². The van der Waals surface area contributed by atoms with Crippen LogP contribution < -0.4 is 5.43 Å². The molecule has 0 aliphatic rings. The summed E-state index contributed by atoms with van der Waals surface area (Å²) in [5.74, 6) is -0.223. The molecule has 1 amide bonds. The van der Waals surface area contributed by atoms with Crippen molar-refractivity contribution in [3.05, 3.63) is 63.5 Å². The standard InChI is InChI=1S/C13H10IN3O/c14-12-3-1-2-11(8-12)13(18)17-16-9-10-4-6-15-7-5-10/h1-9H,(H,17,18)/b16-9-. The van der Waals surface area contributed by atoms with Crippen LogP contribution in [0.5, 0.6) is 0 Å². The van der Waals surface area contributed by atoms with E-state index in [-0.39, 0.29) is 5.91 Å². The molecule has 0 saturated carbocycles. The van der Waals surface area contributed by atoms with E-state index in [1.165, 1.54) is 0 Å². The first kappa shape index (κ1) is 12.7. The molecule has 5 heteroatoms. The van der Waals surface area contributed by atoms with Gasteiger partial charge in [0.1, 0.15) is 0 Å². The van der Waals surface area contributed by atoms with Crippen molar-refractivity contribution in [1.82, 2.24) is 10.4 Å². The highest BCUT2D eigenvalue weighted by molar-refractivity contribution is 14.1. The molecule has 0 aliphatic heterocycles. The number of nitrogens with one attached hydrogen (secondary N) is 1. The molecule has 0 fully saturated rings. The van der Waals surface area contributed by atoms with Crippen molar-refractivity contribution < 1.29 is 4.79 Å². The first-order valence-corrected chi connectivity index (χ1v) is 6.32. The Morgan fingerprint density at radius 1 is 1.28 bits per heavy atom. The second kappa shape index (κ2) is 6.25. The average Bonchev–Trinajstić information content (AvgIpc) is 2.40. The average molecular weight is 351 g/mol. The summed E-state index contributed by atoms with van der Waals surface area (Å²) in [6.07, 6.45) is 4.92. The maximum Gasteiger partial charge on any atom is 0.271 e. The fraction of sp³-hybridized carbons (Fsp3) is 0. The number of carbonyl (C=O) groups excluding carboxylic acids is 1. The molecule has 1 aromatic carbocycles. The number of rotatable bonds is 3. The van der Waals surface area contributed by atoms with E-state index in [1.54, 1.807) is 42.9 Å². The van der Waals surface area contributed by atoms with Gasteiger partial charge in [0.2, 0.25) is 0 Å². The van der Waals surface area contributed by atoms with Crippen LogP contribution >= 0.6 is 22.6 Å². The van der Waals surface area contributed by atoms with E-state index < -0.39 is 0 Å². The maximum absolute atomic E-state index is 11.7. The highest BCUT2D eigenvalue weighted by atomic mass is 127. The molecule has 2 rings (SSSR count). The largest absolute Gasteiger partial charge is 0.271 e. The highest BCUT2D eigenvalue weighted by Gasteiger charge is 2.03. The van der Waals surface area contributed by atoms with E-state index >= 15 is 0 Å². The summed E-state index contributed by atoms with van der Waals surface area (Å²) in [6, 6.07) is 10.9. The zero-order valence-electron chi connectivity index (χ0n) is 9.38. The fourth-order valence-electron chi connectivity index (χ4n) is 1.31. The Bertz CT molecular complexity index is 569. The monoisotopic (exact) mass is 351 g/mol. The molecule has 0 aliphatic carbocycles. The number of hydrazone groups is 1. The number of halogens is 1. The number of amides is 1. The van der Waals surface area contributed by atoms with Crippen LogP contribution in [0.3, 0.4) is 0 Å². The zero-order valence-corrected chi connectivity index (χ0v) is 11.5. The SMILES string of the molecule is O=C(N/N=C\c1ccncc1)c1cccc(I)c1. The molecule has 4 nitrogen and oxygen atoms in total. The van der Waals surface area contributed by atoms with Gasteiger partial charge < -0.3 is 0 Å². The second-order valence-electron chi connectivity index (χ2n) is 3.49. The lowest BCUT2D eigenvalue weighted by atomic mass is 10.2. The molecule has 0 radical (unpaired) electrons. The summed E-state index contributed by atoms with van der Waals surface area (Å²) < 4.78 is 1.01. The number of hydrogen-bond donors (Lipinski definition) is 1. The van der Waals surface area contributed by atoms with E-state index in [0.29, 0.717) is 5.56 Å². The molecular formula is C13H10IN3O. The zero-order chi connectivity index (χ0) is 12.8. The van der Waals surface area contributed by atoms with Crippen LogP contribution in [0.1, 0.15) is 15.9 Å². The van der Waals surface area contributed by atoms with Gasteiger partial charge in [0.25, 0.3) is 5.91 Å². The molecule has 1 heterocycles. The molecule has 2 aromatic rings. The number of pyridine rings is 1. The molecule has 1 aromatic heterocycles. The van der Waals surface area contributed by atoms with E-state index in [9.17, 15) is 4.79 Å². The number of benzene rings is 1. The van der Waals surface area contributed by atoms with Crippen LogP contribution in [0.25, 0.3) is 0 Å². The van der Waals surface area contributed by atoms with Gasteiger partial charge in [0.05, 0.1) is 6.21 Å². The first-order chi connectivity index (χ1) is 8.75. The van der Waals surface area contributed by atoms with E-state index in [1.807, 2.05) is 12.1 Å². The first-order valence-electron chi connectivity index (χ1n) is 5.25. The van der Waals surface area contributed by atoms with Crippen LogP contribution in [-0.4, -0.2) is 17.1 Å². The third-order valence-corrected chi connectivity index (χ3v) is 2.84. The van der Waals surface area contributed by atoms with Gasteiger partial charge in [-0.3, -0.25) is 9.78 Å². The third kappa shape index (κ3) is 3.63. The van der Waals surface area contributed by atoms with Crippen LogP contribution in [-0.2, 0) is 0 Å². The molecule has 90 valence electrons. The van der Waals surface area contributed by atoms with Crippen LogP contribution in [0, 0.1) is 3.57 Å². The van der Waals surface area contributed by atoms with Crippen molar-refractivity contribution in [3.8, 4) is 0 Å². The molecule has 0 atom stereocenters. The molecule has 18 heavy (non-hydrogen) atoms. The number of nitrogens with zero attached hydrogens (tertiary/aromatic N) is 2. The van der Waals surface area contributed by atoms with Gasteiger partial charge in [-0.2, -0.15) is 5.10 Å². The number of aromatic nitrogens is 1. The lowest BCUT2D eigenvalue weighted by Crippen LogP contribution is -2.17. The minimum Gasteiger partial charge on any atom is -0.267 e. The summed E-state index contributed by atoms with van der Waals surface area (Å²) >= 11 is 2.16. The van der Waals surface area contributed by atoms with Crippen molar-refractivity contribution in [2.75, 3.05) is 0 Å². The van der Waals surface area contributed by atoms with Gasteiger partial charge in [-0.1, -0.05) is 6.07 Å². The maximum atomic E-state index is 11.7. The van der Waals surface area contributed by atoms with Gasteiger partial charge in [0.15, 0.2) is 0 Å². The Kier molecular flexibility index (Phi) is 4.40. The van der Waals surface area contributed by atoms with Gasteiger partial charge in [0, 0.05) is 21.5 Å². The molecule has 0 unspecified atom stereocenters. The Balaban J connectivity index is 1.99. The predicted molar refractivity (Wildman–Crippen MR) is 78.5 cm³/mol. The summed E-state index contributed by atoms with van der Waals surface area (Å²) in [5.41, 5.74) is 3.96. The smallest absolute Gasteiger partial charge is 0.267 e. The topological polar surface area (TPSA) is 54.4 Å². The van der Waals surface area contributed by atoms with Gasteiger partial charge in [-0.05, 0) is 58.5 Å². The quantitative estimate of drug-likeness (QED) is 0.525. The van der Waals surface area contributed by atoms with Gasteiger partial charge in [-0.15, -0.1) is 0 Å². The third-order valence-electron chi connectivity index (χ3n) is 2.17. The molecule has 1 N–H and O–H groups in total. The summed E-state index contributed by atoms with van der Waals surface area (Å²) in [7, 11) is 0. The van der Waals surface area contributed by atoms with Gasteiger partial charge in [-0.25, -0.2) is 5.43 Å². The summed E-state index contributed by atoms with van der Waals surface area (Å²) in [5, 5.41) is 3.89. The van der Waals surface area contributed by atoms with Crippen molar-refractivity contribution in [1.29, 1.82) is 0 Å². The number of carbonyl (C=O) groups is 1. The van der Waals surface area contributed by atoms with E-state index in [0.717, 1.165) is 9.13 Å². The lowest BCUT2D eigenvalue weighted by molar-refractivity contribution is 0.0955. The molecule has 0 spiro atoms. The predicted octanol–water partition coefficient (Wildman–Crippen LogP) is 2.45. The fourth-order valence-corrected chi connectivity index (χ4v) is 1.85. The Labute approximate surface area is 118 Å². The second-order valence-corrected chi connectivity index (χ2v) is 4.74. The summed E-state index contributed by atoms with van der Waals surface area (Å²) in [6.45, 7) is 0. The molecule has 0 bridgehead atoms. The van der Waals surface area contributed by atoms with Crippen molar-refractivity contribution >= 4 is 34.7 Å². The minimum absolute atomic E-state index is 0.223. The van der Waals surface area contributed by atoms with Crippen molar-refractivity contribution in [2.24, 2.45) is 5.10 Å². The normalized spacial score (nSPS) is 10.5. The molecule has 0 saturated heterocycles. The van der Waals surface area contributed by atoms with Crippen LogP contribution in [0.4, 0.5) is 0 Å². The Morgan fingerprint density at radius 3 is 2.78 bits per heavy atom. The minimum atomic E-state index is -0.223. The van der Waals surface area contributed by atoms with E-state index in [2.05, 4.69) is 38.1 Å². The molecular weight excluding hydrogens is 341 g/mol. The van der Waals surface area contributed by atoms with Crippen molar-refractivity contribution in [3.63, 3.8) is 0 Å². The van der Waals surface area contributed by atoms with E-state index in [4.69, 9.17) is 0 Å². The highest BCUT2D eigenvalue weighted by Crippen LogP contribution is 2.07. The Morgan fingerprint density at radius 2 is 2.06 bits per heavy atom. The number of hydrogen-bond acceptors (Lipinski definition) is 3. The lowest BCUT2D eigenvalue weighted by Gasteiger charge is -2.00. The van der Waals surface area contributed by atoms with Crippen LogP contribution in [0.2, 0.25) is 0 Å². The van der Waals surface area contributed by atoms with Crippen molar-refractivity contribution in [2.45, 2.75) is 0 Å².